The summed E-state index contributed by atoms with van der Waals surface area (Å²) in [6.45, 7) is 0. The van der Waals surface area contributed by atoms with Gasteiger partial charge in [0, 0.05) is 0 Å². The van der Waals surface area contributed by atoms with Crippen molar-refractivity contribution in [3.05, 3.63) is 0 Å². The van der Waals surface area contributed by atoms with E-state index in [1.807, 2.05) is 0 Å². The normalized spacial score (nSPS) is 2.00. The summed E-state index contributed by atoms with van der Waals surface area (Å²) in [5, 5.41) is 14.8. The fourth-order valence-corrected chi connectivity index (χ4v) is 0. The molecular weight excluding hydrogens is 116 g/mol. The fourth-order valence-electron chi connectivity index (χ4n) is 0. The molecule has 0 atom stereocenters. The molecule has 0 radical (unpaired) electrons. The van der Waals surface area contributed by atoms with Crippen LogP contribution in [0.15, 0.2) is 0 Å². The molecule has 0 saturated carbocycles. The molecule has 0 aromatic heterocycles. The van der Waals surface area contributed by atoms with Gasteiger partial charge in [0.2, 0.25) is 0 Å². The van der Waals surface area contributed by atoms with Crippen molar-refractivity contribution >= 4 is 12.4 Å². The van der Waals surface area contributed by atoms with Crippen molar-refractivity contribution in [1.29, 1.82) is 0 Å². The fraction of sp³-hybridized carbons (Fsp3) is 1.00. The molecule has 0 aromatic rings. The van der Waals surface area contributed by atoms with Gasteiger partial charge in [0.15, 0.2) is 0 Å². The third-order valence-corrected chi connectivity index (χ3v) is 0. The van der Waals surface area contributed by atoms with E-state index in [1.54, 1.807) is 0 Å². The zero-order chi connectivity index (χ0) is 4.00. The first-order valence-corrected chi connectivity index (χ1v) is 0.666. The molecule has 0 aliphatic rings. The Kier molecular flexibility index (Phi) is 545. The zero-order valence-corrected chi connectivity index (χ0v) is 6.66. The molecule has 0 aliphatic heterocycles. The van der Waals surface area contributed by atoms with E-state index >= 15 is 0 Å². The van der Waals surface area contributed by atoms with E-state index in [-0.39, 0.29) is 42.0 Å². The van der Waals surface area contributed by atoms with Gasteiger partial charge in [0.25, 0.3) is 0 Å². The summed E-state index contributed by atoms with van der Waals surface area (Å²) in [4.78, 5) is 0. The van der Waals surface area contributed by atoms with Crippen molar-refractivity contribution in [3.8, 4) is 0 Å². The summed E-state index contributed by atoms with van der Waals surface area (Å²) < 4.78 is 0. The van der Waals surface area contributed by atoms with Gasteiger partial charge >= 0.3 is 29.6 Å². The molecule has 0 bridgehead atoms. The van der Waals surface area contributed by atoms with E-state index in [1.165, 1.54) is 0 Å². The Morgan fingerprint density at radius 1 is 1.33 bits per heavy atom. The number of hydrogen-bond acceptors (Lipinski definition) is 3. The summed E-state index contributed by atoms with van der Waals surface area (Å²) >= 11 is 0. The molecule has 3 nitrogen and oxygen atoms in total. The van der Waals surface area contributed by atoms with Crippen LogP contribution < -0.4 is 40.6 Å². The quantitative estimate of drug-likeness (QED) is 0.253. The summed E-state index contributed by atoms with van der Waals surface area (Å²) in [5.74, 6) is 3.50. The first-order valence-electron chi connectivity index (χ1n) is 0.666. The molecule has 0 unspecified atom stereocenters. The van der Waals surface area contributed by atoms with E-state index in [2.05, 4.69) is 5.90 Å². The SMILES string of the molecule is C[O-].Cl.NO.[Na+]. The van der Waals surface area contributed by atoms with E-state index in [0.717, 1.165) is 7.11 Å². The summed E-state index contributed by atoms with van der Waals surface area (Å²) in [5.41, 5.74) is 0. The van der Waals surface area contributed by atoms with E-state index in [4.69, 9.17) is 10.3 Å². The van der Waals surface area contributed by atoms with Gasteiger partial charge in [0.05, 0.1) is 0 Å². The summed E-state index contributed by atoms with van der Waals surface area (Å²) in [6, 6.07) is 0. The number of halogens is 1. The summed E-state index contributed by atoms with van der Waals surface area (Å²) in [7, 11) is 0.750. The van der Waals surface area contributed by atoms with Crippen molar-refractivity contribution in [2.24, 2.45) is 5.90 Å². The number of rotatable bonds is 0. The zero-order valence-electron chi connectivity index (χ0n) is 3.84. The van der Waals surface area contributed by atoms with Crippen LogP contribution in [0.5, 0.6) is 0 Å². The van der Waals surface area contributed by atoms with Crippen LogP contribution in [-0.2, 0) is 0 Å². The Morgan fingerprint density at radius 3 is 1.33 bits per heavy atom. The van der Waals surface area contributed by atoms with Crippen molar-refractivity contribution in [1.82, 2.24) is 0 Å². The van der Waals surface area contributed by atoms with Crippen molar-refractivity contribution in [3.63, 3.8) is 0 Å². The average molecular weight is 124 g/mol. The Morgan fingerprint density at radius 2 is 1.33 bits per heavy atom. The van der Waals surface area contributed by atoms with E-state index in [0.29, 0.717) is 0 Å². The largest absolute Gasteiger partial charge is 1.00 e. The topological polar surface area (TPSA) is 69.3 Å². The van der Waals surface area contributed by atoms with E-state index in [9.17, 15) is 0 Å². The molecule has 36 valence electrons. The molecule has 3 N–H and O–H groups in total. The van der Waals surface area contributed by atoms with Crippen molar-refractivity contribution < 1.29 is 39.9 Å². The monoisotopic (exact) mass is 123 g/mol. The van der Waals surface area contributed by atoms with Gasteiger partial charge in [0.1, 0.15) is 0 Å². The Balaban J connectivity index is -0.00000000500. The first kappa shape index (κ1) is 27.2. The minimum atomic E-state index is 0. The van der Waals surface area contributed by atoms with Gasteiger partial charge in [-0.05, 0) is 0 Å². The van der Waals surface area contributed by atoms with Crippen LogP contribution in [0.1, 0.15) is 0 Å². The molecule has 0 spiro atoms. The van der Waals surface area contributed by atoms with Crippen LogP contribution >= 0.6 is 12.4 Å². The molecule has 0 saturated heterocycles. The Hall–Kier alpha value is 1.17. The van der Waals surface area contributed by atoms with Gasteiger partial charge in [-0.1, -0.05) is 0 Å². The Labute approximate surface area is 65.2 Å². The molecule has 5 heteroatoms. The smallest absolute Gasteiger partial charge is 0.857 e. The second-order valence-electron chi connectivity index (χ2n) is 0. The molecule has 6 heavy (non-hydrogen) atoms. The molecule has 0 fully saturated rings. The maximum atomic E-state index is 8.25. The molecule has 0 aliphatic carbocycles. The van der Waals surface area contributed by atoms with E-state index < -0.39 is 0 Å². The minimum Gasteiger partial charge on any atom is -0.857 e. The second kappa shape index (κ2) is 120. The maximum absolute atomic E-state index is 8.25. The third kappa shape index (κ3) is 65.7. The standard InChI is InChI=1S/CH3O.ClH.H3NO.Na/c1-2;;1-2;/h1H3;1H;2H,1H2;/q-1;;;+1. The van der Waals surface area contributed by atoms with Crippen LogP contribution in [0.3, 0.4) is 0 Å². The third-order valence-electron chi connectivity index (χ3n) is 0. The molecule has 0 aromatic carbocycles. The van der Waals surface area contributed by atoms with Gasteiger partial charge < -0.3 is 10.3 Å². The van der Waals surface area contributed by atoms with Crippen LogP contribution in [0, 0.1) is 0 Å². The summed E-state index contributed by atoms with van der Waals surface area (Å²) in [6.07, 6.45) is 0. The molecule has 0 amide bonds. The van der Waals surface area contributed by atoms with Gasteiger partial charge in [-0.15, -0.1) is 12.4 Å². The minimum absolute atomic E-state index is 0. The predicted octanol–water partition coefficient (Wildman–Crippen LogP) is -4.26. The second-order valence-corrected chi connectivity index (χ2v) is 0. The number of nitrogens with two attached hydrogens (primary N) is 1. The van der Waals surface area contributed by atoms with Crippen molar-refractivity contribution in [2.75, 3.05) is 7.11 Å². The van der Waals surface area contributed by atoms with Gasteiger partial charge in [-0.2, -0.15) is 7.11 Å². The first-order chi connectivity index (χ1) is 2.00. The average Bonchev–Trinajstić information content (AvgIpc) is 1.50. The maximum Gasteiger partial charge on any atom is 1.00 e. The molecular formula is CH7ClNNaO2. The Bertz CT molecular complexity index is 13.5. The number of hydrogen-bond donors (Lipinski definition) is 2. The predicted molar refractivity (Wildman–Crippen MR) is 19.1 cm³/mol. The molecule has 0 rings (SSSR count). The van der Waals surface area contributed by atoms with Gasteiger partial charge in [-0.3, -0.25) is 0 Å². The van der Waals surface area contributed by atoms with Gasteiger partial charge in [-0.25, -0.2) is 5.90 Å². The van der Waals surface area contributed by atoms with Crippen LogP contribution in [0.2, 0.25) is 0 Å². The van der Waals surface area contributed by atoms with Crippen LogP contribution in [0.4, 0.5) is 0 Å². The van der Waals surface area contributed by atoms with Crippen LogP contribution in [0.25, 0.3) is 0 Å². The van der Waals surface area contributed by atoms with Crippen molar-refractivity contribution in [2.45, 2.75) is 0 Å². The molecule has 0 heterocycles. The van der Waals surface area contributed by atoms with Crippen LogP contribution in [-0.4, -0.2) is 12.3 Å².